The second-order valence-corrected chi connectivity index (χ2v) is 7.81. The van der Waals surface area contributed by atoms with Gasteiger partial charge in [0.2, 0.25) is 15.9 Å². The average Bonchev–Trinajstić information content (AvgIpc) is 2.66. The van der Waals surface area contributed by atoms with Crippen LogP contribution in [-0.2, 0) is 21.4 Å². The summed E-state index contributed by atoms with van der Waals surface area (Å²) in [7, 11) is -3.63. The molecule has 1 amide bonds. The summed E-state index contributed by atoms with van der Waals surface area (Å²) in [5.74, 6) is -1.16. The Balaban J connectivity index is 2.03. The maximum absolute atomic E-state index is 12.2. The highest BCUT2D eigenvalue weighted by molar-refractivity contribution is 7.89. The van der Waals surface area contributed by atoms with Crippen LogP contribution in [0.4, 0.5) is 0 Å². The Morgan fingerprint density at radius 3 is 2.37 bits per heavy atom. The Morgan fingerprint density at radius 2 is 1.78 bits per heavy atom. The van der Waals surface area contributed by atoms with Gasteiger partial charge in [0, 0.05) is 11.6 Å². The molecule has 0 aliphatic rings. The predicted molar refractivity (Wildman–Crippen MR) is 101 cm³/mol. The van der Waals surface area contributed by atoms with E-state index >= 15 is 0 Å². The van der Waals surface area contributed by atoms with E-state index in [-0.39, 0.29) is 23.1 Å². The molecule has 3 N–H and O–H groups in total. The first-order chi connectivity index (χ1) is 12.7. The maximum Gasteiger partial charge on any atom is 0.338 e. The first kappa shape index (κ1) is 20.6. The second kappa shape index (κ2) is 8.79. The lowest BCUT2D eigenvalue weighted by Crippen LogP contribution is -2.32. The van der Waals surface area contributed by atoms with Gasteiger partial charge in [0.1, 0.15) is 6.61 Å². The highest BCUT2D eigenvalue weighted by Crippen LogP contribution is 2.14. The first-order valence-electron chi connectivity index (χ1n) is 8.41. The van der Waals surface area contributed by atoms with E-state index in [1.807, 2.05) is 6.92 Å². The number of amides is 1. The van der Waals surface area contributed by atoms with E-state index in [0.29, 0.717) is 17.5 Å². The van der Waals surface area contributed by atoms with Gasteiger partial charge in [-0.25, -0.2) is 17.9 Å². The van der Waals surface area contributed by atoms with Crippen molar-refractivity contribution in [3.63, 3.8) is 0 Å². The summed E-state index contributed by atoms with van der Waals surface area (Å²) in [6, 6.07) is 11.8. The Hall–Kier alpha value is -2.71. The van der Waals surface area contributed by atoms with Crippen molar-refractivity contribution in [2.24, 2.45) is 5.73 Å². The van der Waals surface area contributed by atoms with Gasteiger partial charge in [0.15, 0.2) is 0 Å². The molecule has 2 rings (SSSR count). The van der Waals surface area contributed by atoms with Gasteiger partial charge < -0.3 is 10.5 Å². The summed E-state index contributed by atoms with van der Waals surface area (Å²) in [6.07, 6.45) is 0.667. The Labute approximate surface area is 158 Å². The third-order valence-corrected chi connectivity index (χ3v) is 5.56. The molecule has 0 fully saturated rings. The minimum Gasteiger partial charge on any atom is -0.457 e. The highest BCUT2D eigenvalue weighted by atomic mass is 32.2. The number of nitrogens with one attached hydrogen (secondary N) is 1. The number of ether oxygens (including phenoxy) is 1. The van der Waals surface area contributed by atoms with Crippen LogP contribution in [0.25, 0.3) is 0 Å². The lowest BCUT2D eigenvalue weighted by molar-refractivity contribution is 0.0472. The Bertz CT molecular complexity index is 923. The number of primary amides is 1. The predicted octanol–water partition coefficient (Wildman–Crippen LogP) is 2.22. The molecular weight excluding hydrogens is 368 g/mol. The topological polar surface area (TPSA) is 116 Å². The van der Waals surface area contributed by atoms with Crippen molar-refractivity contribution in [3.05, 3.63) is 65.2 Å². The molecule has 27 heavy (non-hydrogen) atoms. The van der Waals surface area contributed by atoms with Gasteiger partial charge in [-0.15, -0.1) is 0 Å². The van der Waals surface area contributed by atoms with E-state index in [1.54, 1.807) is 31.2 Å². The number of sulfonamides is 1. The van der Waals surface area contributed by atoms with Crippen molar-refractivity contribution in [1.82, 2.24) is 4.72 Å². The SMILES string of the molecule is CCC(C)NS(=O)(=O)c1ccc(C(=O)OCc2cccc(C(N)=O)c2)cc1. The van der Waals surface area contributed by atoms with E-state index in [4.69, 9.17) is 10.5 Å². The van der Waals surface area contributed by atoms with Crippen LogP contribution in [0.5, 0.6) is 0 Å². The van der Waals surface area contributed by atoms with Crippen molar-refractivity contribution in [3.8, 4) is 0 Å². The summed E-state index contributed by atoms with van der Waals surface area (Å²) in [5.41, 5.74) is 6.39. The summed E-state index contributed by atoms with van der Waals surface area (Å²) in [6.45, 7) is 3.62. The zero-order valence-corrected chi connectivity index (χ0v) is 16.0. The molecule has 0 saturated carbocycles. The van der Waals surface area contributed by atoms with Crippen molar-refractivity contribution in [2.45, 2.75) is 37.8 Å². The first-order valence-corrected chi connectivity index (χ1v) is 9.89. The fourth-order valence-electron chi connectivity index (χ4n) is 2.23. The maximum atomic E-state index is 12.2. The number of benzene rings is 2. The number of hydrogen-bond donors (Lipinski definition) is 2. The van der Waals surface area contributed by atoms with Crippen LogP contribution in [0.15, 0.2) is 53.4 Å². The molecule has 2 aromatic rings. The van der Waals surface area contributed by atoms with Crippen LogP contribution in [0.1, 0.15) is 46.5 Å². The van der Waals surface area contributed by atoms with Gasteiger partial charge in [-0.2, -0.15) is 0 Å². The monoisotopic (exact) mass is 390 g/mol. The third-order valence-electron chi connectivity index (χ3n) is 3.95. The molecule has 0 heterocycles. The van der Waals surface area contributed by atoms with E-state index in [1.165, 1.54) is 24.3 Å². The molecule has 0 aliphatic carbocycles. The van der Waals surface area contributed by atoms with E-state index in [0.717, 1.165) is 0 Å². The van der Waals surface area contributed by atoms with E-state index in [2.05, 4.69) is 4.72 Å². The van der Waals surface area contributed by atoms with Crippen molar-refractivity contribution in [1.29, 1.82) is 0 Å². The summed E-state index contributed by atoms with van der Waals surface area (Å²) in [5, 5.41) is 0. The molecule has 8 heteroatoms. The summed E-state index contributed by atoms with van der Waals surface area (Å²) >= 11 is 0. The summed E-state index contributed by atoms with van der Waals surface area (Å²) in [4.78, 5) is 23.4. The fourth-order valence-corrected chi connectivity index (χ4v) is 3.56. The number of hydrogen-bond acceptors (Lipinski definition) is 5. The van der Waals surface area contributed by atoms with Gasteiger partial charge in [-0.3, -0.25) is 4.79 Å². The smallest absolute Gasteiger partial charge is 0.338 e. The largest absolute Gasteiger partial charge is 0.457 e. The van der Waals surface area contributed by atoms with Crippen LogP contribution in [0.2, 0.25) is 0 Å². The Morgan fingerprint density at radius 1 is 1.11 bits per heavy atom. The lowest BCUT2D eigenvalue weighted by atomic mass is 10.1. The fraction of sp³-hybridized carbons (Fsp3) is 0.263. The highest BCUT2D eigenvalue weighted by Gasteiger charge is 2.17. The Kier molecular flexibility index (Phi) is 6.70. The van der Waals surface area contributed by atoms with Crippen LogP contribution >= 0.6 is 0 Å². The number of carbonyl (C=O) groups is 2. The molecule has 0 saturated heterocycles. The van der Waals surface area contributed by atoms with Crippen LogP contribution in [-0.4, -0.2) is 26.3 Å². The number of esters is 1. The average molecular weight is 390 g/mol. The minimum atomic E-state index is -3.63. The van der Waals surface area contributed by atoms with Gasteiger partial charge in [0.25, 0.3) is 0 Å². The van der Waals surface area contributed by atoms with Gasteiger partial charge in [-0.05, 0) is 55.3 Å². The minimum absolute atomic E-state index is 0.0322. The number of rotatable bonds is 8. The molecule has 0 radical (unpaired) electrons. The van der Waals surface area contributed by atoms with Crippen LogP contribution in [0.3, 0.4) is 0 Å². The van der Waals surface area contributed by atoms with Gasteiger partial charge >= 0.3 is 5.97 Å². The molecular formula is C19H22N2O5S. The molecule has 144 valence electrons. The molecule has 1 atom stereocenters. The van der Waals surface area contributed by atoms with Crippen molar-refractivity contribution < 1.29 is 22.7 Å². The number of carbonyl (C=O) groups excluding carboxylic acids is 2. The van der Waals surface area contributed by atoms with Crippen molar-refractivity contribution in [2.75, 3.05) is 0 Å². The van der Waals surface area contributed by atoms with Crippen molar-refractivity contribution >= 4 is 21.9 Å². The molecule has 0 aliphatic heterocycles. The molecule has 2 aromatic carbocycles. The quantitative estimate of drug-likeness (QED) is 0.671. The number of nitrogens with two attached hydrogens (primary N) is 1. The summed E-state index contributed by atoms with van der Waals surface area (Å²) < 4.78 is 32.2. The molecule has 0 bridgehead atoms. The third kappa shape index (κ3) is 5.63. The van der Waals surface area contributed by atoms with Gasteiger partial charge in [0.05, 0.1) is 10.5 Å². The molecule has 1 unspecified atom stereocenters. The zero-order valence-electron chi connectivity index (χ0n) is 15.1. The molecule has 0 spiro atoms. The van der Waals surface area contributed by atoms with E-state index in [9.17, 15) is 18.0 Å². The zero-order chi connectivity index (χ0) is 20.0. The van der Waals surface area contributed by atoms with E-state index < -0.39 is 21.9 Å². The standard InChI is InChI=1S/C19H22N2O5S/c1-3-13(2)21-27(24,25)17-9-7-15(8-10-17)19(23)26-12-14-5-4-6-16(11-14)18(20)22/h4-11,13,21H,3,12H2,1-2H3,(H2,20,22). The van der Waals surface area contributed by atoms with Crippen LogP contribution in [0, 0.1) is 0 Å². The second-order valence-electron chi connectivity index (χ2n) is 6.10. The normalized spacial score (nSPS) is 12.4. The van der Waals surface area contributed by atoms with Gasteiger partial charge in [-0.1, -0.05) is 19.1 Å². The molecule has 0 aromatic heterocycles. The molecule has 7 nitrogen and oxygen atoms in total. The van der Waals surface area contributed by atoms with Crippen LogP contribution < -0.4 is 10.5 Å². The lowest BCUT2D eigenvalue weighted by Gasteiger charge is -2.12.